The van der Waals surface area contributed by atoms with E-state index in [1.807, 2.05) is 30.4 Å². The van der Waals surface area contributed by atoms with E-state index in [0.717, 1.165) is 6.42 Å². The lowest BCUT2D eigenvalue weighted by Gasteiger charge is -2.25. The largest absolute Gasteiger partial charge is 0.481 e. The van der Waals surface area contributed by atoms with Crippen molar-refractivity contribution in [3.63, 3.8) is 0 Å². The molecule has 0 saturated heterocycles. The number of aliphatic carboxylic acids is 1. The van der Waals surface area contributed by atoms with E-state index in [-0.39, 0.29) is 30.3 Å². The molecule has 6 heteroatoms. The number of hydrogen-bond donors (Lipinski definition) is 3. The minimum absolute atomic E-state index is 0.00375. The first kappa shape index (κ1) is 25.1. The van der Waals surface area contributed by atoms with Crippen molar-refractivity contribution in [3.8, 4) is 0 Å². The second-order valence-corrected chi connectivity index (χ2v) is 8.53. The second kappa shape index (κ2) is 13.3. The molecule has 1 aromatic rings. The maximum absolute atomic E-state index is 11.5. The number of aliphatic hydroxyl groups excluding tert-OH is 2. The summed E-state index contributed by atoms with van der Waals surface area (Å²) in [5.74, 6) is -1.19. The van der Waals surface area contributed by atoms with E-state index in [4.69, 9.17) is 9.84 Å². The van der Waals surface area contributed by atoms with Crippen molar-refractivity contribution in [1.82, 2.24) is 0 Å². The van der Waals surface area contributed by atoms with Gasteiger partial charge in [0.2, 0.25) is 0 Å². The Bertz CT molecular complexity index is 701. The first-order valence-corrected chi connectivity index (χ1v) is 11.3. The molecule has 2 rings (SSSR count). The Morgan fingerprint density at radius 2 is 1.90 bits per heavy atom. The summed E-state index contributed by atoms with van der Waals surface area (Å²) in [4.78, 5) is 22.1. The number of aryl methyl sites for hydroxylation is 1. The number of carboxylic acid groups (broad SMARTS) is 1. The number of hydrogen-bond acceptors (Lipinski definition) is 5. The molecule has 1 aliphatic rings. The monoisotopic (exact) mass is 432 g/mol. The molecule has 0 aromatic heterocycles. The van der Waals surface area contributed by atoms with Gasteiger partial charge in [0.25, 0.3) is 0 Å². The fourth-order valence-electron chi connectivity index (χ4n) is 4.48. The Kier molecular flexibility index (Phi) is 10.7. The summed E-state index contributed by atoms with van der Waals surface area (Å²) in [6, 6.07) is 10.1. The molecule has 6 nitrogen and oxygen atoms in total. The minimum atomic E-state index is -0.798. The molecule has 0 aliphatic heterocycles. The first-order valence-electron chi connectivity index (χ1n) is 11.3. The van der Waals surface area contributed by atoms with Crippen LogP contribution in [0.25, 0.3) is 0 Å². The van der Waals surface area contributed by atoms with E-state index in [0.29, 0.717) is 44.9 Å². The minimum Gasteiger partial charge on any atom is -0.481 e. The maximum Gasteiger partial charge on any atom is 0.303 e. The van der Waals surface area contributed by atoms with E-state index in [1.54, 1.807) is 0 Å². The average Bonchev–Trinajstić information content (AvgIpc) is 3.01. The molecule has 0 heterocycles. The van der Waals surface area contributed by atoms with Gasteiger partial charge in [0.15, 0.2) is 0 Å². The van der Waals surface area contributed by atoms with Crippen LogP contribution >= 0.6 is 0 Å². The van der Waals surface area contributed by atoms with Crippen LogP contribution in [0, 0.1) is 11.8 Å². The molecular weight excluding hydrogens is 396 g/mol. The van der Waals surface area contributed by atoms with Crippen molar-refractivity contribution < 1.29 is 29.6 Å². The smallest absolute Gasteiger partial charge is 0.303 e. The molecule has 3 N–H and O–H groups in total. The van der Waals surface area contributed by atoms with E-state index >= 15 is 0 Å². The molecule has 5 atom stereocenters. The van der Waals surface area contributed by atoms with Gasteiger partial charge < -0.3 is 20.1 Å². The van der Waals surface area contributed by atoms with Crippen LogP contribution in [0.1, 0.15) is 63.9 Å². The number of allylic oxidation sites excluding steroid dienone is 2. The number of benzene rings is 1. The molecule has 0 bridgehead atoms. The van der Waals surface area contributed by atoms with Gasteiger partial charge in [0, 0.05) is 25.7 Å². The summed E-state index contributed by atoms with van der Waals surface area (Å²) in [6.45, 7) is 1.38. The fourth-order valence-corrected chi connectivity index (χ4v) is 4.48. The van der Waals surface area contributed by atoms with Crippen molar-refractivity contribution in [2.75, 3.05) is 0 Å². The highest BCUT2D eigenvalue weighted by atomic mass is 16.5. The van der Waals surface area contributed by atoms with Crippen LogP contribution in [0.4, 0.5) is 0 Å². The standard InChI is InChI=1S/C25H36O6/c1-18(26)31-24-17-23(28)21(22(24)11-7-2-3-8-12-25(29)30)16-15-20(27)14-13-19-9-5-4-6-10-19/h2,4-7,9-10,20-24,27-28H,3,8,11-17H2,1H3,(H,29,30)/b7-2-/t20-,21+,22+,23+,24-/m0/s1. The number of carboxylic acids is 1. The van der Waals surface area contributed by atoms with Gasteiger partial charge in [-0.05, 0) is 56.4 Å². The zero-order valence-corrected chi connectivity index (χ0v) is 18.4. The van der Waals surface area contributed by atoms with Crippen molar-refractivity contribution in [1.29, 1.82) is 0 Å². The molecule has 0 unspecified atom stereocenters. The second-order valence-electron chi connectivity index (χ2n) is 8.53. The van der Waals surface area contributed by atoms with E-state index < -0.39 is 18.2 Å². The third-order valence-corrected chi connectivity index (χ3v) is 6.09. The Balaban J connectivity index is 1.87. The summed E-state index contributed by atoms with van der Waals surface area (Å²) < 4.78 is 5.47. The first-order chi connectivity index (χ1) is 14.9. The maximum atomic E-state index is 11.5. The quantitative estimate of drug-likeness (QED) is 0.248. The van der Waals surface area contributed by atoms with Crippen LogP contribution in [0.5, 0.6) is 0 Å². The topological polar surface area (TPSA) is 104 Å². The third kappa shape index (κ3) is 9.23. The lowest BCUT2D eigenvalue weighted by molar-refractivity contribution is -0.148. The van der Waals surface area contributed by atoms with Gasteiger partial charge in [-0.25, -0.2) is 0 Å². The predicted octanol–water partition coefficient (Wildman–Crippen LogP) is 3.89. The normalized spacial score (nSPS) is 24.4. The number of ether oxygens (including phenoxy) is 1. The molecule has 1 aromatic carbocycles. The summed E-state index contributed by atoms with van der Waals surface area (Å²) in [6.07, 6.45) is 7.89. The van der Waals surface area contributed by atoms with Gasteiger partial charge in [-0.3, -0.25) is 9.59 Å². The number of unbranched alkanes of at least 4 members (excludes halogenated alkanes) is 1. The van der Waals surface area contributed by atoms with E-state index in [9.17, 15) is 19.8 Å². The highest BCUT2D eigenvalue weighted by molar-refractivity contribution is 5.66. The van der Waals surface area contributed by atoms with Gasteiger partial charge in [-0.15, -0.1) is 0 Å². The van der Waals surface area contributed by atoms with Crippen LogP contribution in [0.3, 0.4) is 0 Å². The number of esters is 1. The van der Waals surface area contributed by atoms with Gasteiger partial charge in [-0.1, -0.05) is 42.5 Å². The van der Waals surface area contributed by atoms with Gasteiger partial charge >= 0.3 is 11.9 Å². The Hall–Kier alpha value is -2.18. The molecule has 172 valence electrons. The van der Waals surface area contributed by atoms with Crippen molar-refractivity contribution in [3.05, 3.63) is 48.0 Å². The summed E-state index contributed by atoms with van der Waals surface area (Å²) in [5, 5.41) is 29.8. The van der Waals surface area contributed by atoms with E-state index in [2.05, 4.69) is 12.1 Å². The SMILES string of the molecule is CC(=O)O[C@H]1C[C@@H](O)[C@H](CC[C@@H](O)CCc2ccccc2)[C@H]1C/C=C\CCCC(=O)O. The molecule has 1 fully saturated rings. The van der Waals surface area contributed by atoms with Crippen molar-refractivity contribution in [2.45, 2.75) is 83.0 Å². The summed E-state index contributed by atoms with van der Waals surface area (Å²) >= 11 is 0. The summed E-state index contributed by atoms with van der Waals surface area (Å²) in [7, 11) is 0. The van der Waals surface area contributed by atoms with E-state index in [1.165, 1.54) is 12.5 Å². The predicted molar refractivity (Wildman–Crippen MR) is 118 cm³/mol. The van der Waals surface area contributed by atoms with Crippen molar-refractivity contribution in [2.24, 2.45) is 11.8 Å². The number of carbonyl (C=O) groups excluding carboxylic acids is 1. The van der Waals surface area contributed by atoms with Crippen LogP contribution in [0.2, 0.25) is 0 Å². The molecule has 0 radical (unpaired) electrons. The van der Waals surface area contributed by atoms with Gasteiger partial charge in [0.05, 0.1) is 12.2 Å². The molecule has 1 saturated carbocycles. The zero-order chi connectivity index (χ0) is 22.6. The Labute approximate surface area is 184 Å². The lowest BCUT2D eigenvalue weighted by atomic mass is 9.85. The number of aliphatic hydroxyl groups is 2. The van der Waals surface area contributed by atoms with Crippen molar-refractivity contribution >= 4 is 11.9 Å². The van der Waals surface area contributed by atoms with Crippen LogP contribution in [0.15, 0.2) is 42.5 Å². The molecule has 31 heavy (non-hydrogen) atoms. The molecule has 0 amide bonds. The summed E-state index contributed by atoms with van der Waals surface area (Å²) in [5.41, 5.74) is 1.20. The van der Waals surface area contributed by atoms with Crippen LogP contribution in [-0.2, 0) is 20.7 Å². The van der Waals surface area contributed by atoms with Gasteiger partial charge in [-0.2, -0.15) is 0 Å². The highest BCUT2D eigenvalue weighted by Gasteiger charge is 2.43. The Morgan fingerprint density at radius 1 is 1.16 bits per heavy atom. The Morgan fingerprint density at radius 3 is 2.58 bits per heavy atom. The third-order valence-electron chi connectivity index (χ3n) is 6.09. The lowest BCUT2D eigenvalue weighted by Crippen LogP contribution is -2.26. The van der Waals surface area contributed by atoms with Crippen LogP contribution in [-0.4, -0.2) is 45.6 Å². The molecular formula is C25H36O6. The number of rotatable bonds is 13. The number of carbonyl (C=O) groups is 2. The highest BCUT2D eigenvalue weighted by Crippen LogP contribution is 2.40. The van der Waals surface area contributed by atoms with Crippen LogP contribution < -0.4 is 0 Å². The zero-order valence-electron chi connectivity index (χ0n) is 18.4. The molecule has 0 spiro atoms. The fraction of sp³-hybridized carbons (Fsp3) is 0.600. The van der Waals surface area contributed by atoms with Gasteiger partial charge in [0.1, 0.15) is 6.10 Å². The average molecular weight is 433 g/mol. The molecule has 1 aliphatic carbocycles.